The van der Waals surface area contributed by atoms with Gasteiger partial charge in [-0.05, 0) is 25.7 Å². The molecule has 0 atom stereocenters. The number of carbonyl (C=O) groups excluding carboxylic acids is 1. The number of halogens is 1. The van der Waals surface area contributed by atoms with E-state index in [1.54, 1.807) is 0 Å². The van der Waals surface area contributed by atoms with Crippen LogP contribution in [0.25, 0.3) is 0 Å². The lowest BCUT2D eigenvalue weighted by Gasteiger charge is -2.10. The fourth-order valence-electron chi connectivity index (χ4n) is 2.05. The van der Waals surface area contributed by atoms with Crippen LogP contribution in [0.1, 0.15) is 63.8 Å². The van der Waals surface area contributed by atoms with Crippen molar-refractivity contribution in [1.82, 2.24) is 15.8 Å². The summed E-state index contributed by atoms with van der Waals surface area (Å²) in [7, 11) is 1.42. The van der Waals surface area contributed by atoms with Gasteiger partial charge in [-0.25, -0.2) is 4.99 Å². The highest BCUT2D eigenvalue weighted by atomic mass is 127. The number of hydrogen-bond acceptors (Lipinski definition) is 5. The number of nitrogens with one attached hydrogen (secondary N) is 2. The quantitative estimate of drug-likeness (QED) is 0.181. The Hall–Kier alpha value is -1.32. The molecule has 0 aliphatic rings. The Kier molecular flexibility index (Phi) is 13.2. The van der Waals surface area contributed by atoms with Crippen LogP contribution in [0.2, 0.25) is 0 Å². The van der Waals surface area contributed by atoms with E-state index in [0.717, 1.165) is 49.8 Å². The van der Waals surface area contributed by atoms with Gasteiger partial charge in [0.25, 0.3) is 0 Å². The molecule has 0 aliphatic heterocycles. The van der Waals surface area contributed by atoms with Crippen molar-refractivity contribution in [3.63, 3.8) is 0 Å². The van der Waals surface area contributed by atoms with Gasteiger partial charge in [-0.15, -0.1) is 24.0 Å². The zero-order valence-electron chi connectivity index (χ0n) is 15.6. The molecule has 0 saturated heterocycles. The maximum absolute atomic E-state index is 11.0. The van der Waals surface area contributed by atoms with Crippen molar-refractivity contribution in [3.8, 4) is 0 Å². The second-order valence-electron chi connectivity index (χ2n) is 5.88. The zero-order valence-corrected chi connectivity index (χ0v) is 18.0. The van der Waals surface area contributed by atoms with E-state index in [0.29, 0.717) is 18.9 Å². The van der Waals surface area contributed by atoms with Gasteiger partial charge in [-0.2, -0.15) is 0 Å². The molecule has 7 nitrogen and oxygen atoms in total. The Morgan fingerprint density at radius 3 is 2.68 bits per heavy atom. The first-order chi connectivity index (χ1) is 11.6. The van der Waals surface area contributed by atoms with Gasteiger partial charge >= 0.3 is 5.97 Å². The number of guanidine groups is 1. The first-order valence-electron chi connectivity index (χ1n) is 8.61. The number of hydrogen-bond donors (Lipinski definition) is 2. The Bertz CT molecular complexity index is 518. The van der Waals surface area contributed by atoms with E-state index in [1.165, 1.54) is 7.11 Å². The lowest BCUT2D eigenvalue weighted by atomic mass is 10.1. The van der Waals surface area contributed by atoms with Gasteiger partial charge in [0.15, 0.2) is 11.7 Å². The van der Waals surface area contributed by atoms with E-state index < -0.39 is 0 Å². The summed E-state index contributed by atoms with van der Waals surface area (Å²) in [6.07, 6.45) is 3.27. The minimum Gasteiger partial charge on any atom is -0.469 e. The van der Waals surface area contributed by atoms with Crippen molar-refractivity contribution in [1.29, 1.82) is 0 Å². The number of aromatic nitrogens is 1. The second kappa shape index (κ2) is 13.9. The lowest BCUT2D eigenvalue weighted by Crippen LogP contribution is -2.37. The summed E-state index contributed by atoms with van der Waals surface area (Å²) in [5.41, 5.74) is 0.948. The molecule has 0 aliphatic carbocycles. The van der Waals surface area contributed by atoms with Gasteiger partial charge in [-0.3, -0.25) is 4.79 Å². The van der Waals surface area contributed by atoms with Crippen molar-refractivity contribution in [3.05, 3.63) is 17.5 Å². The summed E-state index contributed by atoms with van der Waals surface area (Å²) >= 11 is 0. The van der Waals surface area contributed by atoms with E-state index in [4.69, 9.17) is 4.52 Å². The average Bonchev–Trinajstić information content (AvgIpc) is 3.04. The van der Waals surface area contributed by atoms with E-state index >= 15 is 0 Å². The number of esters is 1. The van der Waals surface area contributed by atoms with Crippen LogP contribution in [0.5, 0.6) is 0 Å². The lowest BCUT2D eigenvalue weighted by molar-refractivity contribution is -0.140. The number of ether oxygens (including phenoxy) is 1. The van der Waals surface area contributed by atoms with Crippen LogP contribution < -0.4 is 10.6 Å². The van der Waals surface area contributed by atoms with E-state index in [9.17, 15) is 4.79 Å². The molecular formula is C17H31IN4O3. The van der Waals surface area contributed by atoms with Gasteiger partial charge < -0.3 is 19.9 Å². The van der Waals surface area contributed by atoms with Gasteiger partial charge in [0.1, 0.15) is 6.54 Å². The van der Waals surface area contributed by atoms with Gasteiger partial charge in [-0.1, -0.05) is 25.4 Å². The van der Waals surface area contributed by atoms with Crippen LogP contribution in [0.3, 0.4) is 0 Å². The summed E-state index contributed by atoms with van der Waals surface area (Å²) in [5, 5.41) is 10.5. The summed E-state index contributed by atoms with van der Waals surface area (Å²) < 4.78 is 9.91. The predicted octanol–water partition coefficient (Wildman–Crippen LogP) is 3.20. The fourth-order valence-corrected chi connectivity index (χ4v) is 2.05. The third-order valence-electron chi connectivity index (χ3n) is 3.48. The van der Waals surface area contributed by atoms with Crippen LogP contribution in [0, 0.1) is 0 Å². The Morgan fingerprint density at radius 1 is 1.32 bits per heavy atom. The SMILES string of the molecule is CCNC(=NCc1cc(C(C)C)no1)NCCCCCC(=O)OC.I. The van der Waals surface area contributed by atoms with Crippen LogP contribution in [-0.4, -0.2) is 37.3 Å². The van der Waals surface area contributed by atoms with Crippen molar-refractivity contribution in [2.75, 3.05) is 20.2 Å². The molecule has 1 heterocycles. The third kappa shape index (κ3) is 10.3. The number of unbranched alkanes of at least 4 members (excludes halogenated alkanes) is 2. The normalized spacial score (nSPS) is 11.2. The van der Waals surface area contributed by atoms with Crippen LogP contribution >= 0.6 is 24.0 Å². The molecule has 0 bridgehead atoms. The molecule has 1 aromatic heterocycles. The maximum Gasteiger partial charge on any atom is 0.305 e. The highest BCUT2D eigenvalue weighted by Gasteiger charge is 2.07. The molecule has 0 unspecified atom stereocenters. The Morgan fingerprint density at radius 2 is 2.08 bits per heavy atom. The molecule has 0 fully saturated rings. The highest BCUT2D eigenvalue weighted by molar-refractivity contribution is 14.0. The minimum atomic E-state index is -0.148. The van der Waals surface area contributed by atoms with Gasteiger partial charge in [0.05, 0.1) is 12.8 Å². The molecule has 1 rings (SSSR count). The standard InChI is InChI=1S/C17H30N4O3.HI/c1-5-18-17(19-10-8-6-7-9-16(22)23-4)20-12-14-11-15(13(2)3)21-24-14;/h11,13H,5-10,12H2,1-4H3,(H2,18,19,20);1H. The maximum atomic E-state index is 11.0. The number of rotatable bonds is 10. The molecule has 1 aromatic rings. The number of aliphatic imine (C=N–C) groups is 1. The first kappa shape index (κ1) is 23.7. The smallest absolute Gasteiger partial charge is 0.305 e. The number of carbonyl (C=O) groups is 1. The molecule has 144 valence electrons. The van der Waals surface area contributed by atoms with Crippen molar-refractivity contribution < 1.29 is 14.1 Å². The van der Waals surface area contributed by atoms with Crippen molar-refractivity contribution in [2.45, 2.75) is 58.9 Å². The fraction of sp³-hybridized carbons (Fsp3) is 0.706. The zero-order chi connectivity index (χ0) is 17.8. The Balaban J connectivity index is 0.00000576. The molecule has 0 saturated carbocycles. The largest absolute Gasteiger partial charge is 0.469 e. The molecule has 25 heavy (non-hydrogen) atoms. The summed E-state index contributed by atoms with van der Waals surface area (Å²) in [5.74, 6) is 1.72. The van der Waals surface area contributed by atoms with Crippen molar-refractivity contribution in [2.24, 2.45) is 4.99 Å². The molecule has 0 spiro atoms. The molecule has 2 N–H and O–H groups in total. The van der Waals surface area contributed by atoms with E-state index in [-0.39, 0.29) is 29.9 Å². The minimum absolute atomic E-state index is 0. The van der Waals surface area contributed by atoms with E-state index in [2.05, 4.69) is 39.4 Å². The Labute approximate surface area is 167 Å². The first-order valence-corrected chi connectivity index (χ1v) is 8.61. The molecular weight excluding hydrogens is 435 g/mol. The summed E-state index contributed by atoms with van der Waals surface area (Å²) in [4.78, 5) is 15.5. The topological polar surface area (TPSA) is 88.8 Å². The monoisotopic (exact) mass is 466 g/mol. The van der Waals surface area contributed by atoms with Crippen LogP contribution in [0.4, 0.5) is 0 Å². The van der Waals surface area contributed by atoms with Crippen LogP contribution in [-0.2, 0) is 16.1 Å². The molecule has 0 radical (unpaired) electrons. The number of methoxy groups -OCH3 is 1. The van der Waals surface area contributed by atoms with Gasteiger partial charge in [0, 0.05) is 25.6 Å². The second-order valence-corrected chi connectivity index (χ2v) is 5.88. The molecule has 0 aromatic carbocycles. The van der Waals surface area contributed by atoms with Crippen molar-refractivity contribution >= 4 is 35.9 Å². The van der Waals surface area contributed by atoms with Gasteiger partial charge in [0.2, 0.25) is 0 Å². The molecule has 8 heteroatoms. The molecule has 0 amide bonds. The average molecular weight is 466 g/mol. The third-order valence-corrected chi connectivity index (χ3v) is 3.48. The summed E-state index contributed by atoms with van der Waals surface area (Å²) in [6.45, 7) is 8.24. The number of nitrogens with zero attached hydrogens (tertiary/aromatic N) is 2. The predicted molar refractivity (Wildman–Crippen MR) is 109 cm³/mol. The summed E-state index contributed by atoms with van der Waals surface area (Å²) in [6, 6.07) is 1.95. The van der Waals surface area contributed by atoms with E-state index in [1.807, 2.05) is 13.0 Å². The highest BCUT2D eigenvalue weighted by Crippen LogP contribution is 2.14. The van der Waals surface area contributed by atoms with Crippen LogP contribution in [0.15, 0.2) is 15.6 Å².